The monoisotopic (exact) mass is 952 g/mol. The summed E-state index contributed by atoms with van der Waals surface area (Å²) in [5.41, 5.74) is -10.4. The summed E-state index contributed by atoms with van der Waals surface area (Å²) in [6.45, 7) is -1.31. The van der Waals surface area contributed by atoms with E-state index in [1.54, 1.807) is 0 Å². The largest absolute Gasteiger partial charge is 0.504 e. The van der Waals surface area contributed by atoms with E-state index in [-0.39, 0.29) is 0 Å². The number of ether oxygens (including phenoxy) is 8. The molecule has 2 saturated heterocycles. The second kappa shape index (κ2) is 15.2. The first-order valence-corrected chi connectivity index (χ1v) is 19.2. The van der Waals surface area contributed by atoms with Crippen LogP contribution >= 0.6 is 0 Å². The van der Waals surface area contributed by atoms with Crippen molar-refractivity contribution in [3.8, 4) is 80.1 Å². The van der Waals surface area contributed by atoms with Gasteiger partial charge >= 0.3 is 41.8 Å². The lowest BCUT2D eigenvalue weighted by atomic mass is 9.71. The van der Waals surface area contributed by atoms with Gasteiger partial charge in [-0.3, -0.25) is 4.79 Å². The van der Waals surface area contributed by atoms with Gasteiger partial charge < -0.3 is 99.2 Å². The second-order valence-electron chi connectivity index (χ2n) is 15.5. The number of aromatic hydroxyl groups is 11. The van der Waals surface area contributed by atoms with E-state index in [0.717, 1.165) is 0 Å². The summed E-state index contributed by atoms with van der Waals surface area (Å²) in [5.74, 6) is -29.3. The number of hydrogen-bond donors (Lipinski definition) is 12. The number of carbonyl (C=O) groups is 7. The highest BCUT2D eigenvalue weighted by Crippen LogP contribution is 2.56. The molecule has 5 aliphatic rings. The lowest BCUT2D eigenvalue weighted by Gasteiger charge is -2.46. The van der Waals surface area contributed by atoms with Crippen molar-refractivity contribution in [2.75, 3.05) is 6.61 Å². The van der Waals surface area contributed by atoms with Crippen molar-refractivity contribution in [1.29, 1.82) is 0 Å². The number of phenolic OH excluding ortho intramolecular Hbond substituents is 11. The molecule has 5 heterocycles. The Bertz CT molecular complexity index is 2970. The molecule has 4 aromatic rings. The smallest absolute Gasteiger partial charge is 0.353 e. The quantitative estimate of drug-likeness (QED) is 0.0526. The number of benzene rings is 4. The van der Waals surface area contributed by atoms with E-state index in [1.807, 2.05) is 0 Å². The molecule has 0 aromatic heterocycles. The van der Waals surface area contributed by atoms with Crippen molar-refractivity contribution < 1.29 is 133 Å². The molecule has 0 aliphatic carbocycles. The van der Waals surface area contributed by atoms with Gasteiger partial charge in [-0.05, 0) is 30.3 Å². The fourth-order valence-electron chi connectivity index (χ4n) is 8.35. The molecule has 2 fully saturated rings. The lowest BCUT2D eigenvalue weighted by Crippen LogP contribution is -2.65. The summed E-state index contributed by atoms with van der Waals surface area (Å²) in [5, 5.41) is 128. The zero-order valence-electron chi connectivity index (χ0n) is 33.3. The second-order valence-corrected chi connectivity index (χ2v) is 15.5. The molecule has 0 radical (unpaired) electrons. The number of cyclic esters (lactones) is 1. The van der Waals surface area contributed by atoms with Crippen LogP contribution in [0.5, 0.6) is 69.0 Å². The van der Waals surface area contributed by atoms with Gasteiger partial charge in [-0.1, -0.05) is 0 Å². The van der Waals surface area contributed by atoms with Crippen LogP contribution in [0.25, 0.3) is 11.1 Å². The van der Waals surface area contributed by atoms with Gasteiger partial charge in [0.25, 0.3) is 0 Å². The molecule has 27 heteroatoms. The van der Waals surface area contributed by atoms with Gasteiger partial charge in [0.15, 0.2) is 69.6 Å². The molecule has 0 saturated carbocycles. The highest BCUT2D eigenvalue weighted by atomic mass is 16.7. The number of aliphatic hydroxyl groups is 1. The summed E-state index contributed by atoms with van der Waals surface area (Å²) >= 11 is 0. The molecule has 5 aliphatic heterocycles. The van der Waals surface area contributed by atoms with Crippen LogP contribution in [0.2, 0.25) is 0 Å². The van der Waals surface area contributed by atoms with Crippen LogP contribution in [0, 0.1) is 0 Å². The average molecular weight is 953 g/mol. The molecule has 354 valence electrons. The minimum atomic E-state index is -3.38. The summed E-state index contributed by atoms with van der Waals surface area (Å²) < 4.78 is 44.1. The molecule has 0 amide bonds. The van der Waals surface area contributed by atoms with Crippen molar-refractivity contribution >= 4 is 41.8 Å². The van der Waals surface area contributed by atoms with Crippen molar-refractivity contribution in [2.24, 2.45) is 0 Å². The van der Waals surface area contributed by atoms with Crippen molar-refractivity contribution in [3.05, 3.63) is 58.1 Å². The first kappa shape index (κ1) is 44.1. The Hall–Kier alpha value is -9.11. The number of hydrogen-bond acceptors (Lipinski definition) is 27. The van der Waals surface area contributed by atoms with E-state index in [0.29, 0.717) is 30.3 Å². The van der Waals surface area contributed by atoms with Crippen LogP contribution in [0.4, 0.5) is 0 Å². The number of phenols is 11. The SMILES string of the molecule is O=C1CC2(O)C(=O)O[C@@H]3[C@H]4OC(=O)c5cc(O)c(O)c(O)c5-c5c(cc(O)c(O)c5O)C(=O)OC[C@@H]3O[C@H](OC(=O)c3cc(O)c(O)c(O)c3)[C@@H]4OC(=O)c3cc(O)c(O)c4c3[C@@H]2[C@H](O1)C(=O)O4. The highest BCUT2D eigenvalue weighted by Gasteiger charge is 2.65. The minimum absolute atomic E-state index is 0.367. The van der Waals surface area contributed by atoms with Gasteiger partial charge in [0.1, 0.15) is 12.7 Å². The van der Waals surface area contributed by atoms with Crippen LogP contribution in [-0.2, 0) is 47.5 Å². The fraction of sp³-hybridized carbons (Fsp3) is 0.244. The van der Waals surface area contributed by atoms with Crippen molar-refractivity contribution in [1.82, 2.24) is 0 Å². The molecule has 4 aromatic carbocycles. The number of carbonyl (C=O) groups excluding carboxylic acids is 7. The van der Waals surface area contributed by atoms with E-state index in [1.165, 1.54) is 0 Å². The first-order chi connectivity index (χ1) is 32.0. The number of fused-ring (bicyclic) bond motifs is 3. The molecule has 27 nitrogen and oxygen atoms in total. The molecular formula is C41H28O27. The van der Waals surface area contributed by atoms with Gasteiger partial charge in [-0.25, -0.2) is 28.8 Å². The van der Waals surface area contributed by atoms with Gasteiger partial charge in [0.2, 0.25) is 35.7 Å². The predicted octanol–water partition coefficient (Wildman–Crippen LogP) is -0.407. The summed E-state index contributed by atoms with van der Waals surface area (Å²) in [6.07, 6.45) is -16.1. The van der Waals surface area contributed by atoms with Crippen molar-refractivity contribution in [2.45, 2.75) is 54.7 Å². The van der Waals surface area contributed by atoms with Gasteiger partial charge in [-0.15, -0.1) is 0 Å². The third-order valence-electron chi connectivity index (χ3n) is 11.5. The number of rotatable bonds is 2. The Morgan fingerprint density at radius 1 is 0.588 bits per heavy atom. The molecule has 1 unspecified atom stereocenters. The summed E-state index contributed by atoms with van der Waals surface area (Å²) in [4.78, 5) is 98.0. The van der Waals surface area contributed by atoms with E-state index in [4.69, 9.17) is 37.9 Å². The average Bonchev–Trinajstić information content (AvgIpc) is 3.28. The summed E-state index contributed by atoms with van der Waals surface area (Å²) in [7, 11) is 0. The van der Waals surface area contributed by atoms with Gasteiger partial charge in [-0.2, -0.15) is 0 Å². The maximum atomic E-state index is 14.7. The van der Waals surface area contributed by atoms with E-state index < -0.39 is 211 Å². The topological polar surface area (TPSA) is 436 Å². The van der Waals surface area contributed by atoms with Crippen LogP contribution in [0.3, 0.4) is 0 Å². The Kier molecular flexibility index (Phi) is 9.88. The normalized spacial score (nSPS) is 26.2. The molecule has 8 atom stereocenters. The predicted molar refractivity (Wildman–Crippen MR) is 204 cm³/mol. The molecule has 68 heavy (non-hydrogen) atoms. The summed E-state index contributed by atoms with van der Waals surface area (Å²) in [6, 6.07) is 2.42. The van der Waals surface area contributed by atoms with E-state index in [9.17, 15) is 94.8 Å². The lowest BCUT2D eigenvalue weighted by molar-refractivity contribution is -0.290. The Morgan fingerprint density at radius 2 is 1.12 bits per heavy atom. The first-order valence-electron chi connectivity index (χ1n) is 19.2. The van der Waals surface area contributed by atoms with Crippen LogP contribution in [-0.4, -0.2) is 152 Å². The fourth-order valence-corrected chi connectivity index (χ4v) is 8.35. The third-order valence-corrected chi connectivity index (χ3v) is 11.5. The van der Waals surface area contributed by atoms with Gasteiger partial charge in [0.05, 0.1) is 34.6 Å². The highest BCUT2D eigenvalue weighted by molar-refractivity contribution is 6.08. The zero-order valence-corrected chi connectivity index (χ0v) is 33.3. The van der Waals surface area contributed by atoms with Crippen LogP contribution in [0.15, 0.2) is 30.3 Å². The standard InChI is InChI=1S/C41H28O27/c42-12-1-8(2-13(43)23(12)48)34(54)68-39-33-32-29(67-40(59)41(60)6-18(47)63-31-22(41)21-11(37(57)66-33)5-16(46)26(51)30(21)64-38(31)58)17(62-39)7-61-35(55)9-3-14(44)24(49)27(52)19(9)20-10(36(56)65-32)4-15(45)25(50)28(20)53/h1-5,17,22,29,31-33,39,42-46,48-53,60H,6-7H2/t17-,22+,29-,31-,32+,33+,39+,41?/m0/s1. The zero-order chi connectivity index (χ0) is 49.2. The molecule has 0 spiro atoms. The maximum absolute atomic E-state index is 14.7. The number of esters is 7. The molecular weight excluding hydrogens is 924 g/mol. The van der Waals surface area contributed by atoms with Gasteiger partial charge in [0, 0.05) is 16.7 Å². The van der Waals surface area contributed by atoms with Crippen molar-refractivity contribution in [3.63, 3.8) is 0 Å². The van der Waals surface area contributed by atoms with E-state index >= 15 is 0 Å². The molecule has 12 N–H and O–H groups in total. The Labute approximate surface area is 373 Å². The molecule has 9 rings (SSSR count). The molecule has 4 bridgehead atoms. The minimum Gasteiger partial charge on any atom is -0.504 e. The van der Waals surface area contributed by atoms with Crippen LogP contribution in [0.1, 0.15) is 59.3 Å². The van der Waals surface area contributed by atoms with Crippen LogP contribution < -0.4 is 4.74 Å². The maximum Gasteiger partial charge on any atom is 0.353 e. The third kappa shape index (κ3) is 6.54. The van der Waals surface area contributed by atoms with E-state index in [2.05, 4.69) is 0 Å². The Morgan fingerprint density at radius 3 is 1.74 bits per heavy atom. The Balaban J connectivity index is 1.29.